The molecular weight excluding hydrogens is 332 g/mol. The van der Waals surface area contributed by atoms with Gasteiger partial charge in [0.05, 0.1) is 12.2 Å². The van der Waals surface area contributed by atoms with Gasteiger partial charge in [0.2, 0.25) is 5.09 Å². The molecule has 5 nitrogen and oxygen atoms in total. The molecule has 0 fully saturated rings. The number of furan rings is 1. The maximum absolute atomic E-state index is 12.1. The summed E-state index contributed by atoms with van der Waals surface area (Å²) in [6.07, 6.45) is 0. The Morgan fingerprint density at radius 3 is 2.63 bits per heavy atom. The summed E-state index contributed by atoms with van der Waals surface area (Å²) in [6.45, 7) is 2.04. The monoisotopic (exact) mass is 344 g/mol. The standard InChI is InChI=1S/C12H13BrN2O3S/c1-8-4-9(13)6-10(5-8)15-19(16,17)12-3-2-11(7-14)18-12/h2-6,15H,7,14H2,1H3. The molecule has 1 aromatic carbocycles. The van der Waals surface area contributed by atoms with E-state index in [4.69, 9.17) is 10.2 Å². The Morgan fingerprint density at radius 1 is 1.32 bits per heavy atom. The van der Waals surface area contributed by atoms with Crippen LogP contribution in [0.4, 0.5) is 5.69 Å². The van der Waals surface area contributed by atoms with Crippen molar-refractivity contribution in [2.45, 2.75) is 18.6 Å². The van der Waals surface area contributed by atoms with E-state index in [0.29, 0.717) is 11.4 Å². The van der Waals surface area contributed by atoms with E-state index in [1.807, 2.05) is 13.0 Å². The Kier molecular flexibility index (Phi) is 3.98. The van der Waals surface area contributed by atoms with Crippen molar-refractivity contribution in [3.63, 3.8) is 0 Å². The van der Waals surface area contributed by atoms with Gasteiger partial charge in [0.1, 0.15) is 5.76 Å². The average molecular weight is 345 g/mol. The zero-order valence-corrected chi connectivity index (χ0v) is 12.6. The van der Waals surface area contributed by atoms with Gasteiger partial charge in [0.15, 0.2) is 0 Å². The van der Waals surface area contributed by atoms with E-state index in [1.54, 1.807) is 18.2 Å². The minimum atomic E-state index is -3.73. The predicted octanol–water partition coefficient (Wildman–Crippen LogP) is 2.61. The van der Waals surface area contributed by atoms with Crippen LogP contribution in [0.2, 0.25) is 0 Å². The fourth-order valence-corrected chi connectivity index (χ4v) is 3.21. The number of sulfonamides is 1. The van der Waals surface area contributed by atoms with Gasteiger partial charge < -0.3 is 10.2 Å². The van der Waals surface area contributed by atoms with Gasteiger partial charge in [-0.3, -0.25) is 4.72 Å². The number of anilines is 1. The summed E-state index contributed by atoms with van der Waals surface area (Å²) in [5, 5.41) is -0.148. The third kappa shape index (κ3) is 3.37. The maximum Gasteiger partial charge on any atom is 0.295 e. The summed E-state index contributed by atoms with van der Waals surface area (Å²) in [5.74, 6) is 0.422. The lowest BCUT2D eigenvalue weighted by molar-refractivity contribution is 0.417. The third-order valence-corrected chi connectivity index (χ3v) is 4.11. The molecule has 7 heteroatoms. The van der Waals surface area contributed by atoms with Crippen LogP contribution in [0.1, 0.15) is 11.3 Å². The van der Waals surface area contributed by atoms with Crippen molar-refractivity contribution in [3.05, 3.63) is 46.1 Å². The first-order valence-electron chi connectivity index (χ1n) is 5.49. The van der Waals surface area contributed by atoms with Crippen LogP contribution < -0.4 is 10.5 Å². The van der Waals surface area contributed by atoms with Crippen molar-refractivity contribution in [2.24, 2.45) is 5.73 Å². The quantitative estimate of drug-likeness (QED) is 0.892. The molecule has 2 aromatic rings. The predicted molar refractivity (Wildman–Crippen MR) is 76.3 cm³/mol. The Morgan fingerprint density at radius 2 is 2.05 bits per heavy atom. The molecule has 1 aromatic heterocycles. The molecule has 0 saturated heterocycles. The van der Waals surface area contributed by atoms with E-state index in [2.05, 4.69) is 20.7 Å². The van der Waals surface area contributed by atoms with Crippen molar-refractivity contribution in [1.82, 2.24) is 0 Å². The largest absolute Gasteiger partial charge is 0.446 e. The molecule has 19 heavy (non-hydrogen) atoms. The highest BCUT2D eigenvalue weighted by Gasteiger charge is 2.18. The minimum absolute atomic E-state index is 0.148. The van der Waals surface area contributed by atoms with Gasteiger partial charge >= 0.3 is 0 Å². The van der Waals surface area contributed by atoms with Gasteiger partial charge in [-0.1, -0.05) is 15.9 Å². The van der Waals surface area contributed by atoms with Crippen molar-refractivity contribution >= 4 is 31.6 Å². The zero-order chi connectivity index (χ0) is 14.0. The summed E-state index contributed by atoms with van der Waals surface area (Å²) < 4.78 is 32.6. The van der Waals surface area contributed by atoms with Crippen LogP contribution >= 0.6 is 15.9 Å². The second-order valence-corrected chi connectivity index (χ2v) is 6.58. The molecule has 0 aliphatic carbocycles. The van der Waals surface area contributed by atoms with Crippen molar-refractivity contribution in [2.75, 3.05) is 4.72 Å². The van der Waals surface area contributed by atoms with E-state index in [0.717, 1.165) is 10.0 Å². The summed E-state index contributed by atoms with van der Waals surface area (Å²) in [7, 11) is -3.73. The van der Waals surface area contributed by atoms with Gasteiger partial charge in [0.25, 0.3) is 10.0 Å². The highest BCUT2D eigenvalue weighted by molar-refractivity contribution is 9.10. The van der Waals surface area contributed by atoms with Crippen LogP contribution in [-0.4, -0.2) is 8.42 Å². The minimum Gasteiger partial charge on any atom is -0.446 e. The molecule has 0 amide bonds. The number of nitrogens with one attached hydrogen (secondary N) is 1. The first-order valence-corrected chi connectivity index (χ1v) is 7.77. The molecule has 0 aliphatic heterocycles. The van der Waals surface area contributed by atoms with Gasteiger partial charge in [-0.2, -0.15) is 8.42 Å². The van der Waals surface area contributed by atoms with Gasteiger partial charge in [-0.15, -0.1) is 0 Å². The Labute approximate surface area is 120 Å². The third-order valence-electron chi connectivity index (χ3n) is 2.40. The average Bonchev–Trinajstić information content (AvgIpc) is 2.75. The lowest BCUT2D eigenvalue weighted by Crippen LogP contribution is -2.12. The van der Waals surface area contributed by atoms with Crippen LogP contribution in [0.3, 0.4) is 0 Å². The van der Waals surface area contributed by atoms with Gasteiger partial charge in [0, 0.05) is 4.47 Å². The van der Waals surface area contributed by atoms with E-state index in [1.165, 1.54) is 6.07 Å². The molecule has 2 rings (SSSR count). The summed E-state index contributed by atoms with van der Waals surface area (Å²) in [6, 6.07) is 8.22. The van der Waals surface area contributed by atoms with Crippen molar-refractivity contribution < 1.29 is 12.8 Å². The second kappa shape index (κ2) is 5.36. The van der Waals surface area contributed by atoms with Gasteiger partial charge in [-0.05, 0) is 42.8 Å². The Hall–Kier alpha value is -1.31. The maximum atomic E-state index is 12.1. The molecule has 0 atom stereocenters. The number of hydrogen-bond acceptors (Lipinski definition) is 4. The van der Waals surface area contributed by atoms with Crippen LogP contribution in [-0.2, 0) is 16.6 Å². The van der Waals surface area contributed by atoms with E-state index in [-0.39, 0.29) is 11.6 Å². The highest BCUT2D eigenvalue weighted by atomic mass is 79.9. The first-order chi connectivity index (χ1) is 8.90. The summed E-state index contributed by atoms with van der Waals surface area (Å²) >= 11 is 3.32. The van der Waals surface area contributed by atoms with Crippen LogP contribution in [0.15, 0.2) is 44.3 Å². The first kappa shape index (κ1) is 14.1. The van der Waals surface area contributed by atoms with Crippen molar-refractivity contribution in [3.8, 4) is 0 Å². The van der Waals surface area contributed by atoms with E-state index < -0.39 is 10.0 Å². The normalized spacial score (nSPS) is 11.5. The lowest BCUT2D eigenvalue weighted by atomic mass is 10.2. The number of benzene rings is 1. The molecular formula is C12H13BrN2O3S. The number of aryl methyl sites for hydroxylation is 1. The molecule has 0 bridgehead atoms. The number of nitrogens with two attached hydrogens (primary N) is 1. The summed E-state index contributed by atoms with van der Waals surface area (Å²) in [4.78, 5) is 0. The second-order valence-electron chi connectivity index (χ2n) is 4.05. The SMILES string of the molecule is Cc1cc(Br)cc(NS(=O)(=O)c2ccc(CN)o2)c1. The molecule has 0 aliphatic rings. The van der Waals surface area contributed by atoms with Crippen molar-refractivity contribution in [1.29, 1.82) is 0 Å². The van der Waals surface area contributed by atoms with Crippen LogP contribution in [0.5, 0.6) is 0 Å². The van der Waals surface area contributed by atoms with Gasteiger partial charge in [-0.25, -0.2) is 0 Å². The molecule has 1 heterocycles. The molecule has 0 unspecified atom stereocenters. The van der Waals surface area contributed by atoms with E-state index in [9.17, 15) is 8.42 Å². The Bertz CT molecular complexity index is 675. The number of hydrogen-bond donors (Lipinski definition) is 2. The lowest BCUT2D eigenvalue weighted by Gasteiger charge is -2.07. The number of rotatable bonds is 4. The molecule has 102 valence electrons. The molecule has 0 saturated carbocycles. The zero-order valence-electron chi connectivity index (χ0n) is 10.2. The topological polar surface area (TPSA) is 85.3 Å². The summed E-state index contributed by atoms with van der Waals surface area (Å²) in [5.41, 5.74) is 6.79. The van der Waals surface area contributed by atoms with E-state index >= 15 is 0 Å². The molecule has 0 spiro atoms. The highest BCUT2D eigenvalue weighted by Crippen LogP contribution is 2.22. The smallest absolute Gasteiger partial charge is 0.295 e. The number of halogens is 1. The fraction of sp³-hybridized carbons (Fsp3) is 0.167. The fourth-order valence-electron chi connectivity index (χ4n) is 1.61. The molecule has 0 radical (unpaired) electrons. The Balaban J connectivity index is 2.30. The molecule has 3 N–H and O–H groups in total. The van der Waals surface area contributed by atoms with Crippen LogP contribution in [0, 0.1) is 6.92 Å². The van der Waals surface area contributed by atoms with Crippen LogP contribution in [0.25, 0.3) is 0 Å².